The lowest BCUT2D eigenvalue weighted by Gasteiger charge is -2.20. The highest BCUT2D eigenvalue weighted by atomic mass is 79.9. The van der Waals surface area contributed by atoms with Crippen molar-refractivity contribution in [2.24, 2.45) is 0 Å². The van der Waals surface area contributed by atoms with Gasteiger partial charge in [0.25, 0.3) is 0 Å². The molecule has 0 saturated carbocycles. The van der Waals surface area contributed by atoms with Gasteiger partial charge < -0.3 is 19.1 Å². The van der Waals surface area contributed by atoms with Gasteiger partial charge in [-0.1, -0.05) is 53.2 Å². The van der Waals surface area contributed by atoms with Crippen LogP contribution < -0.4 is 9.47 Å². The number of phosphoric ester groups is 1. The van der Waals surface area contributed by atoms with Gasteiger partial charge in [-0.2, -0.15) is 0 Å². The van der Waals surface area contributed by atoms with E-state index in [0.29, 0.717) is 18.1 Å². The molecule has 2 aromatic rings. The topological polar surface area (TPSA) is 101 Å². The van der Waals surface area contributed by atoms with Crippen LogP contribution in [-0.4, -0.2) is 41.6 Å². The predicted molar refractivity (Wildman–Crippen MR) is 118 cm³/mol. The Morgan fingerprint density at radius 1 is 0.968 bits per heavy atom. The summed E-state index contributed by atoms with van der Waals surface area (Å²) in [6.07, 6.45) is -0.892. The second-order valence-corrected chi connectivity index (χ2v) is 9.65. The summed E-state index contributed by atoms with van der Waals surface area (Å²) in [7, 11) is -4.27. The minimum Gasteiger partial charge on any atom is -0.490 e. The summed E-state index contributed by atoms with van der Waals surface area (Å²) >= 11 is 3.21. The van der Waals surface area contributed by atoms with Gasteiger partial charge in [-0.15, -0.1) is 0 Å². The number of ether oxygens (including phenoxy) is 3. The summed E-state index contributed by atoms with van der Waals surface area (Å²) in [4.78, 5) is 20.9. The lowest BCUT2D eigenvalue weighted by atomic mass is 10.2. The monoisotopic (exact) mass is 516 g/mol. The number of alkyl halides is 1. The molecule has 0 aliphatic heterocycles. The van der Waals surface area contributed by atoms with Crippen LogP contribution in [0.2, 0.25) is 0 Å². The SMILES string of the molecule is CC(=O)OC(COc1ccc(OCc2ccccc2)cc1)COP(=O)(O)OCC(C)Br. The van der Waals surface area contributed by atoms with Gasteiger partial charge in [0.15, 0.2) is 6.10 Å². The van der Waals surface area contributed by atoms with E-state index >= 15 is 0 Å². The van der Waals surface area contributed by atoms with Crippen LogP contribution in [0.15, 0.2) is 54.6 Å². The van der Waals surface area contributed by atoms with Crippen LogP contribution in [0, 0.1) is 0 Å². The van der Waals surface area contributed by atoms with Crippen LogP contribution in [0.3, 0.4) is 0 Å². The number of rotatable bonds is 13. The van der Waals surface area contributed by atoms with Gasteiger partial charge in [-0.3, -0.25) is 13.8 Å². The number of carbonyl (C=O) groups is 1. The van der Waals surface area contributed by atoms with Crippen molar-refractivity contribution in [1.82, 2.24) is 0 Å². The highest BCUT2D eigenvalue weighted by molar-refractivity contribution is 9.09. The van der Waals surface area contributed by atoms with E-state index in [4.69, 9.17) is 23.3 Å². The fourth-order valence-electron chi connectivity index (χ4n) is 2.32. The molecule has 0 heterocycles. The first-order valence-corrected chi connectivity index (χ1v) is 12.0. The molecule has 0 aromatic heterocycles. The van der Waals surface area contributed by atoms with E-state index in [1.165, 1.54) is 6.92 Å². The Morgan fingerprint density at radius 2 is 1.55 bits per heavy atom. The van der Waals surface area contributed by atoms with Crippen molar-refractivity contribution >= 4 is 29.7 Å². The smallest absolute Gasteiger partial charge is 0.472 e. The number of hydrogen-bond donors (Lipinski definition) is 1. The molecule has 0 fully saturated rings. The highest BCUT2D eigenvalue weighted by Gasteiger charge is 2.25. The lowest BCUT2D eigenvalue weighted by molar-refractivity contribution is -0.149. The van der Waals surface area contributed by atoms with Crippen LogP contribution in [0.4, 0.5) is 0 Å². The second kappa shape index (κ2) is 12.8. The van der Waals surface area contributed by atoms with Gasteiger partial charge in [0, 0.05) is 11.8 Å². The largest absolute Gasteiger partial charge is 0.490 e. The maximum atomic E-state index is 11.9. The molecule has 1 N–H and O–H groups in total. The summed E-state index contributed by atoms with van der Waals surface area (Å²) < 4.78 is 38.1. The molecule has 0 spiro atoms. The van der Waals surface area contributed by atoms with E-state index < -0.39 is 19.9 Å². The molecule has 0 radical (unpaired) electrons. The third-order valence-corrected chi connectivity index (χ3v) is 4.95. The average molecular weight is 517 g/mol. The molecule has 3 atom stereocenters. The number of carbonyl (C=O) groups excluding carboxylic acids is 1. The molecule has 2 rings (SSSR count). The number of halogens is 1. The van der Waals surface area contributed by atoms with Crippen LogP contribution in [-0.2, 0) is 29.8 Å². The second-order valence-electron chi connectivity index (χ2n) is 6.63. The highest BCUT2D eigenvalue weighted by Crippen LogP contribution is 2.43. The van der Waals surface area contributed by atoms with Crippen LogP contribution >= 0.6 is 23.8 Å². The van der Waals surface area contributed by atoms with Crippen molar-refractivity contribution in [2.45, 2.75) is 31.4 Å². The average Bonchev–Trinajstić information content (AvgIpc) is 2.74. The first-order chi connectivity index (χ1) is 14.7. The summed E-state index contributed by atoms with van der Waals surface area (Å²) in [5.74, 6) is 0.626. The Labute approximate surface area is 190 Å². The van der Waals surface area contributed by atoms with E-state index in [1.54, 1.807) is 31.2 Å². The molecule has 31 heavy (non-hydrogen) atoms. The molecule has 0 saturated heterocycles. The van der Waals surface area contributed by atoms with Gasteiger partial charge in [-0.05, 0) is 29.8 Å². The Hall–Kier alpha value is -1.90. The molecule has 0 bridgehead atoms. The fraction of sp³-hybridized carbons (Fsp3) is 0.381. The van der Waals surface area contributed by atoms with Crippen molar-refractivity contribution < 1.29 is 37.5 Å². The Kier molecular flexibility index (Phi) is 10.5. The van der Waals surface area contributed by atoms with Crippen molar-refractivity contribution in [3.8, 4) is 11.5 Å². The van der Waals surface area contributed by atoms with Crippen molar-refractivity contribution in [1.29, 1.82) is 0 Å². The van der Waals surface area contributed by atoms with E-state index in [2.05, 4.69) is 15.9 Å². The predicted octanol–water partition coefficient (Wildman–Crippen LogP) is 4.49. The van der Waals surface area contributed by atoms with Gasteiger partial charge in [-0.25, -0.2) is 4.57 Å². The van der Waals surface area contributed by atoms with Crippen molar-refractivity contribution in [2.75, 3.05) is 19.8 Å². The fourth-order valence-corrected chi connectivity index (χ4v) is 3.50. The molecular formula is C21H26BrO8P. The quantitative estimate of drug-likeness (QED) is 0.236. The molecule has 170 valence electrons. The van der Waals surface area contributed by atoms with Crippen LogP contribution in [0.25, 0.3) is 0 Å². The molecule has 10 heteroatoms. The first-order valence-electron chi connectivity index (χ1n) is 9.56. The molecule has 0 amide bonds. The van der Waals surface area contributed by atoms with Crippen LogP contribution in [0.5, 0.6) is 11.5 Å². The van der Waals surface area contributed by atoms with Gasteiger partial charge in [0.05, 0.1) is 13.2 Å². The summed E-state index contributed by atoms with van der Waals surface area (Å²) in [5, 5.41) is 0. The minimum absolute atomic E-state index is 0.0127. The van der Waals surface area contributed by atoms with Crippen LogP contribution in [0.1, 0.15) is 19.4 Å². The number of esters is 1. The zero-order valence-corrected chi connectivity index (χ0v) is 19.8. The first kappa shape index (κ1) is 25.4. The molecule has 3 unspecified atom stereocenters. The third kappa shape index (κ3) is 10.8. The Morgan fingerprint density at radius 3 is 2.13 bits per heavy atom. The van der Waals surface area contributed by atoms with Gasteiger partial charge >= 0.3 is 13.8 Å². The van der Waals surface area contributed by atoms with E-state index in [-0.39, 0.29) is 24.6 Å². The standard InChI is InChI=1S/C21H26BrO8P/c1-16(22)12-28-31(24,25)29-15-21(30-17(2)23)14-27-20-10-8-19(9-11-20)26-13-18-6-4-3-5-7-18/h3-11,16,21H,12-15H2,1-2H3,(H,24,25). The molecule has 8 nitrogen and oxygen atoms in total. The molecule has 0 aliphatic carbocycles. The zero-order chi connectivity index (χ0) is 22.7. The maximum Gasteiger partial charge on any atom is 0.472 e. The third-order valence-electron chi connectivity index (χ3n) is 3.73. The molecule has 0 aliphatic rings. The summed E-state index contributed by atoms with van der Waals surface area (Å²) in [6, 6.07) is 16.7. The summed E-state index contributed by atoms with van der Waals surface area (Å²) in [6.45, 7) is 2.99. The number of phosphoric acid groups is 1. The van der Waals surface area contributed by atoms with Gasteiger partial charge in [0.2, 0.25) is 0 Å². The normalized spacial score (nSPS) is 14.8. The van der Waals surface area contributed by atoms with Crippen molar-refractivity contribution in [3.63, 3.8) is 0 Å². The molecule has 2 aromatic carbocycles. The lowest BCUT2D eigenvalue weighted by Crippen LogP contribution is -2.28. The number of benzene rings is 2. The summed E-state index contributed by atoms with van der Waals surface area (Å²) in [5.41, 5.74) is 1.06. The minimum atomic E-state index is -4.27. The van der Waals surface area contributed by atoms with E-state index in [1.807, 2.05) is 30.3 Å². The number of hydrogen-bond acceptors (Lipinski definition) is 7. The van der Waals surface area contributed by atoms with E-state index in [0.717, 1.165) is 5.56 Å². The maximum absolute atomic E-state index is 11.9. The Bertz CT molecular complexity index is 844. The molecular weight excluding hydrogens is 491 g/mol. The van der Waals surface area contributed by atoms with E-state index in [9.17, 15) is 14.3 Å². The van der Waals surface area contributed by atoms with Crippen molar-refractivity contribution in [3.05, 3.63) is 60.2 Å². The Balaban J connectivity index is 1.83. The zero-order valence-electron chi connectivity index (χ0n) is 17.3. The van der Waals surface area contributed by atoms with Gasteiger partial charge in [0.1, 0.15) is 24.7 Å².